The number of hydrogen-bond acceptors (Lipinski definition) is 3. The Morgan fingerprint density at radius 2 is 1.80 bits per heavy atom. The number of nitrogens with one attached hydrogen (secondary N) is 1. The number of rotatable bonds is 5. The number of halogens is 2. The molecule has 2 rings (SSSR count). The van der Waals surface area contributed by atoms with Gasteiger partial charge in [-0.25, -0.2) is 4.39 Å². The average molecular weight is 387 g/mol. The van der Waals surface area contributed by atoms with Gasteiger partial charge in [0.1, 0.15) is 5.82 Å². The molecule has 2 aromatic carbocycles. The molecule has 0 atom stereocenters. The Hall–Kier alpha value is -1.50. The van der Waals surface area contributed by atoms with Gasteiger partial charge in [0.25, 0.3) is 0 Å². The fourth-order valence-corrected chi connectivity index (χ4v) is 2.49. The summed E-state index contributed by atoms with van der Waals surface area (Å²) in [6, 6.07) is 10.4. The first-order chi connectivity index (χ1) is 9.63. The van der Waals surface area contributed by atoms with Gasteiger partial charge in [0.2, 0.25) is 0 Å². The molecular formula is C15H15FINO2. The van der Waals surface area contributed by atoms with Crippen molar-refractivity contribution in [2.45, 2.75) is 6.54 Å². The van der Waals surface area contributed by atoms with Crippen LogP contribution in [0, 0.1) is 9.39 Å². The maximum absolute atomic E-state index is 13.0. The molecule has 20 heavy (non-hydrogen) atoms. The van der Waals surface area contributed by atoms with Crippen molar-refractivity contribution in [3.8, 4) is 11.5 Å². The van der Waals surface area contributed by atoms with Crippen molar-refractivity contribution >= 4 is 28.3 Å². The molecule has 0 spiro atoms. The van der Waals surface area contributed by atoms with Crippen molar-refractivity contribution in [3.05, 3.63) is 51.3 Å². The molecule has 0 unspecified atom stereocenters. The van der Waals surface area contributed by atoms with E-state index in [1.165, 1.54) is 12.1 Å². The van der Waals surface area contributed by atoms with Crippen molar-refractivity contribution in [3.63, 3.8) is 0 Å². The molecule has 0 saturated carbocycles. The van der Waals surface area contributed by atoms with Crippen LogP contribution in [-0.4, -0.2) is 14.2 Å². The largest absolute Gasteiger partial charge is 0.493 e. The standard InChI is InChI=1S/C15H15FINO2/c1-19-14-6-3-10(7-15(14)20-2)9-18-13-5-4-11(16)8-12(13)17/h3-8,18H,9H2,1-2H3. The van der Waals surface area contributed by atoms with E-state index < -0.39 is 0 Å². The molecule has 0 aliphatic carbocycles. The van der Waals surface area contributed by atoms with E-state index >= 15 is 0 Å². The second-order valence-electron chi connectivity index (χ2n) is 4.17. The summed E-state index contributed by atoms with van der Waals surface area (Å²) in [6.45, 7) is 0.627. The van der Waals surface area contributed by atoms with Crippen molar-refractivity contribution < 1.29 is 13.9 Å². The van der Waals surface area contributed by atoms with Crippen LogP contribution >= 0.6 is 22.6 Å². The van der Waals surface area contributed by atoms with Gasteiger partial charge in [-0.15, -0.1) is 0 Å². The van der Waals surface area contributed by atoms with Gasteiger partial charge in [0.15, 0.2) is 11.5 Å². The SMILES string of the molecule is COc1ccc(CNc2ccc(F)cc2I)cc1OC. The number of ether oxygens (including phenoxy) is 2. The molecule has 0 aliphatic rings. The average Bonchev–Trinajstić information content (AvgIpc) is 2.46. The molecule has 0 fully saturated rings. The molecule has 0 aliphatic heterocycles. The lowest BCUT2D eigenvalue weighted by molar-refractivity contribution is 0.354. The monoisotopic (exact) mass is 387 g/mol. The minimum atomic E-state index is -0.230. The number of methoxy groups -OCH3 is 2. The summed E-state index contributed by atoms with van der Waals surface area (Å²) in [5, 5.41) is 3.27. The van der Waals surface area contributed by atoms with E-state index in [2.05, 4.69) is 27.9 Å². The summed E-state index contributed by atoms with van der Waals surface area (Å²) >= 11 is 2.11. The molecule has 106 valence electrons. The second kappa shape index (κ2) is 6.78. The molecule has 0 bridgehead atoms. The maximum atomic E-state index is 13.0. The number of anilines is 1. The summed E-state index contributed by atoms with van der Waals surface area (Å²) in [4.78, 5) is 0. The molecule has 1 N–H and O–H groups in total. The molecule has 3 nitrogen and oxygen atoms in total. The van der Waals surface area contributed by atoms with Crippen LogP contribution in [0.1, 0.15) is 5.56 Å². The van der Waals surface area contributed by atoms with E-state index in [1.54, 1.807) is 20.3 Å². The maximum Gasteiger partial charge on any atom is 0.161 e. The van der Waals surface area contributed by atoms with E-state index in [-0.39, 0.29) is 5.82 Å². The Kier molecular flexibility index (Phi) is 5.05. The Morgan fingerprint density at radius 1 is 1.05 bits per heavy atom. The highest BCUT2D eigenvalue weighted by atomic mass is 127. The van der Waals surface area contributed by atoms with Gasteiger partial charge in [-0.05, 0) is 58.5 Å². The minimum Gasteiger partial charge on any atom is -0.493 e. The zero-order valence-electron chi connectivity index (χ0n) is 11.2. The molecule has 0 amide bonds. The van der Waals surface area contributed by atoms with Crippen LogP contribution in [0.4, 0.5) is 10.1 Å². The normalized spacial score (nSPS) is 10.2. The number of hydrogen-bond donors (Lipinski definition) is 1. The van der Waals surface area contributed by atoms with Crippen LogP contribution in [0.2, 0.25) is 0 Å². The number of benzene rings is 2. The fourth-order valence-electron chi connectivity index (χ4n) is 1.82. The van der Waals surface area contributed by atoms with Crippen molar-refractivity contribution in [1.82, 2.24) is 0 Å². The second-order valence-corrected chi connectivity index (χ2v) is 5.33. The summed E-state index contributed by atoms with van der Waals surface area (Å²) in [7, 11) is 3.22. The van der Waals surface area contributed by atoms with Gasteiger partial charge < -0.3 is 14.8 Å². The predicted octanol–water partition coefficient (Wildman–Crippen LogP) is 4.06. The van der Waals surface area contributed by atoms with Gasteiger partial charge in [0.05, 0.1) is 14.2 Å². The highest BCUT2D eigenvalue weighted by Crippen LogP contribution is 2.28. The first-order valence-electron chi connectivity index (χ1n) is 6.04. The third-order valence-corrected chi connectivity index (χ3v) is 3.75. The lowest BCUT2D eigenvalue weighted by Crippen LogP contribution is -2.02. The van der Waals surface area contributed by atoms with Crippen LogP contribution in [-0.2, 0) is 6.54 Å². The molecule has 2 aromatic rings. The smallest absolute Gasteiger partial charge is 0.161 e. The minimum absolute atomic E-state index is 0.230. The van der Waals surface area contributed by atoms with Crippen LogP contribution in [0.3, 0.4) is 0 Å². The van der Waals surface area contributed by atoms with Gasteiger partial charge >= 0.3 is 0 Å². The topological polar surface area (TPSA) is 30.5 Å². The molecule has 0 heterocycles. The molecule has 5 heteroatoms. The zero-order valence-corrected chi connectivity index (χ0v) is 13.4. The van der Waals surface area contributed by atoms with E-state index in [1.807, 2.05) is 18.2 Å². The van der Waals surface area contributed by atoms with Crippen LogP contribution < -0.4 is 14.8 Å². The van der Waals surface area contributed by atoms with E-state index in [0.717, 1.165) is 14.8 Å². The van der Waals surface area contributed by atoms with Gasteiger partial charge in [-0.1, -0.05) is 6.07 Å². The van der Waals surface area contributed by atoms with E-state index in [4.69, 9.17) is 9.47 Å². The lowest BCUT2D eigenvalue weighted by atomic mass is 10.2. The first-order valence-corrected chi connectivity index (χ1v) is 7.11. The van der Waals surface area contributed by atoms with E-state index in [0.29, 0.717) is 18.0 Å². The first kappa shape index (κ1) is 14.9. The summed E-state index contributed by atoms with van der Waals surface area (Å²) in [6.07, 6.45) is 0. The van der Waals surface area contributed by atoms with Crippen molar-refractivity contribution in [1.29, 1.82) is 0 Å². The van der Waals surface area contributed by atoms with Gasteiger partial charge in [-0.3, -0.25) is 0 Å². The Morgan fingerprint density at radius 3 is 2.45 bits per heavy atom. The quantitative estimate of drug-likeness (QED) is 0.786. The van der Waals surface area contributed by atoms with Gasteiger partial charge in [0, 0.05) is 15.8 Å². The summed E-state index contributed by atoms with van der Waals surface area (Å²) < 4.78 is 24.3. The Bertz CT molecular complexity index is 604. The third-order valence-electron chi connectivity index (χ3n) is 2.86. The Labute approximate surface area is 131 Å². The fraction of sp³-hybridized carbons (Fsp3) is 0.200. The van der Waals surface area contributed by atoms with Gasteiger partial charge in [-0.2, -0.15) is 0 Å². The van der Waals surface area contributed by atoms with E-state index in [9.17, 15) is 4.39 Å². The molecule has 0 aromatic heterocycles. The Balaban J connectivity index is 2.10. The van der Waals surface area contributed by atoms with Crippen molar-refractivity contribution in [2.24, 2.45) is 0 Å². The molecule has 0 radical (unpaired) electrons. The summed E-state index contributed by atoms with van der Waals surface area (Å²) in [5.74, 6) is 1.17. The van der Waals surface area contributed by atoms with Crippen molar-refractivity contribution in [2.75, 3.05) is 19.5 Å². The molecular weight excluding hydrogens is 372 g/mol. The summed E-state index contributed by atoms with van der Waals surface area (Å²) in [5.41, 5.74) is 1.96. The third kappa shape index (κ3) is 3.53. The molecule has 0 saturated heterocycles. The highest BCUT2D eigenvalue weighted by Gasteiger charge is 2.05. The van der Waals surface area contributed by atoms with Crippen LogP contribution in [0.15, 0.2) is 36.4 Å². The zero-order chi connectivity index (χ0) is 14.5. The highest BCUT2D eigenvalue weighted by molar-refractivity contribution is 14.1. The predicted molar refractivity (Wildman–Crippen MR) is 86.0 cm³/mol. The van der Waals surface area contributed by atoms with Crippen LogP contribution in [0.5, 0.6) is 11.5 Å². The van der Waals surface area contributed by atoms with Crippen LogP contribution in [0.25, 0.3) is 0 Å². The lowest BCUT2D eigenvalue weighted by Gasteiger charge is -2.12.